The summed E-state index contributed by atoms with van der Waals surface area (Å²) in [5.74, 6) is 1.07. The van der Waals surface area contributed by atoms with Gasteiger partial charge >= 0.3 is 0 Å². The van der Waals surface area contributed by atoms with Crippen LogP contribution in [0.25, 0.3) is 0 Å². The summed E-state index contributed by atoms with van der Waals surface area (Å²) < 4.78 is 0. The fourth-order valence-electron chi connectivity index (χ4n) is 0.863. The van der Waals surface area contributed by atoms with Crippen molar-refractivity contribution >= 4 is 17.7 Å². The summed E-state index contributed by atoms with van der Waals surface area (Å²) in [7, 11) is 3.73. The summed E-state index contributed by atoms with van der Waals surface area (Å²) in [4.78, 5) is 10.2. The molecule has 0 spiro atoms. The van der Waals surface area contributed by atoms with Crippen LogP contribution in [0.5, 0.6) is 0 Å². The molecular formula is C9H15N3O2S. The molecule has 1 unspecified atom stereocenters. The van der Waals surface area contributed by atoms with Crippen LogP contribution >= 0.6 is 11.8 Å². The van der Waals surface area contributed by atoms with E-state index in [2.05, 4.69) is 9.97 Å². The number of aromatic nitrogens is 2. The van der Waals surface area contributed by atoms with Gasteiger partial charge in [-0.05, 0) is 6.07 Å². The van der Waals surface area contributed by atoms with Crippen LogP contribution in [0.3, 0.4) is 0 Å². The third-order valence-electron chi connectivity index (χ3n) is 1.65. The first-order valence-corrected chi connectivity index (χ1v) is 5.54. The molecule has 0 saturated heterocycles. The zero-order chi connectivity index (χ0) is 11.3. The van der Waals surface area contributed by atoms with E-state index in [4.69, 9.17) is 5.11 Å². The Kier molecular flexibility index (Phi) is 4.80. The van der Waals surface area contributed by atoms with Crippen LogP contribution in [0.4, 0.5) is 5.95 Å². The summed E-state index contributed by atoms with van der Waals surface area (Å²) >= 11 is 1.40. The molecule has 1 aromatic rings. The molecule has 1 rings (SSSR count). The predicted octanol–water partition coefficient (Wildman–Crippen LogP) is -0.0121. The van der Waals surface area contributed by atoms with Crippen molar-refractivity contribution < 1.29 is 10.2 Å². The molecule has 0 aliphatic heterocycles. The molecule has 0 bridgehead atoms. The zero-order valence-electron chi connectivity index (χ0n) is 8.79. The second kappa shape index (κ2) is 5.89. The molecule has 0 saturated carbocycles. The highest BCUT2D eigenvalue weighted by Crippen LogP contribution is 2.17. The maximum atomic E-state index is 9.17. The number of rotatable bonds is 5. The third kappa shape index (κ3) is 4.03. The van der Waals surface area contributed by atoms with Gasteiger partial charge in [-0.15, -0.1) is 11.8 Å². The van der Waals surface area contributed by atoms with Gasteiger partial charge in [0.1, 0.15) is 5.03 Å². The number of nitrogens with zero attached hydrogens (tertiary/aromatic N) is 3. The standard InChI is InChI=1S/C9H15N3O2S/c1-12(2)9-10-4-3-8(11-9)15-6-7(14)5-13/h3-4,7,13-14H,5-6H2,1-2H3. The first-order chi connectivity index (χ1) is 7.13. The molecule has 84 valence electrons. The lowest BCUT2D eigenvalue weighted by Gasteiger charge is -2.11. The summed E-state index contributed by atoms with van der Waals surface area (Å²) in [6.07, 6.45) is 0.975. The van der Waals surface area contributed by atoms with E-state index in [9.17, 15) is 5.11 Å². The summed E-state index contributed by atoms with van der Waals surface area (Å²) in [6.45, 7) is -0.224. The minimum atomic E-state index is -0.701. The maximum absolute atomic E-state index is 9.17. The first-order valence-electron chi connectivity index (χ1n) is 4.55. The molecular weight excluding hydrogens is 214 g/mol. The van der Waals surface area contributed by atoms with Crippen molar-refractivity contribution in [1.29, 1.82) is 0 Å². The van der Waals surface area contributed by atoms with Gasteiger partial charge in [0.15, 0.2) is 0 Å². The van der Waals surface area contributed by atoms with E-state index in [1.54, 1.807) is 12.3 Å². The monoisotopic (exact) mass is 229 g/mol. The molecule has 0 fully saturated rings. The largest absolute Gasteiger partial charge is 0.394 e. The van der Waals surface area contributed by atoms with Crippen LogP contribution in [0.15, 0.2) is 17.3 Å². The molecule has 2 N–H and O–H groups in total. The van der Waals surface area contributed by atoms with Crippen molar-refractivity contribution in [2.45, 2.75) is 11.1 Å². The average Bonchev–Trinajstić information content (AvgIpc) is 2.26. The van der Waals surface area contributed by atoms with E-state index < -0.39 is 6.10 Å². The Balaban J connectivity index is 2.58. The predicted molar refractivity (Wildman–Crippen MR) is 60.2 cm³/mol. The van der Waals surface area contributed by atoms with Gasteiger partial charge in [0.2, 0.25) is 5.95 Å². The number of aliphatic hydroxyl groups excluding tert-OH is 2. The second-order valence-corrected chi connectivity index (χ2v) is 4.28. The van der Waals surface area contributed by atoms with Crippen molar-refractivity contribution in [3.63, 3.8) is 0 Å². The Morgan fingerprint density at radius 2 is 2.27 bits per heavy atom. The van der Waals surface area contributed by atoms with Gasteiger partial charge in [-0.25, -0.2) is 9.97 Å². The number of hydrogen-bond acceptors (Lipinski definition) is 6. The second-order valence-electron chi connectivity index (χ2n) is 3.24. The Hall–Kier alpha value is -0.850. The molecule has 6 heteroatoms. The van der Waals surface area contributed by atoms with Crippen LogP contribution in [-0.2, 0) is 0 Å². The molecule has 0 aliphatic rings. The van der Waals surface area contributed by atoms with Gasteiger partial charge in [-0.2, -0.15) is 0 Å². The molecule has 1 aromatic heterocycles. The minimum Gasteiger partial charge on any atom is -0.394 e. The molecule has 1 atom stereocenters. The highest BCUT2D eigenvalue weighted by molar-refractivity contribution is 7.99. The minimum absolute atomic E-state index is 0.224. The molecule has 15 heavy (non-hydrogen) atoms. The van der Waals surface area contributed by atoms with Gasteiger partial charge in [-0.3, -0.25) is 0 Å². The fraction of sp³-hybridized carbons (Fsp3) is 0.556. The third-order valence-corrected chi connectivity index (χ3v) is 2.73. The lowest BCUT2D eigenvalue weighted by molar-refractivity contribution is 0.113. The van der Waals surface area contributed by atoms with Crippen molar-refractivity contribution in [2.75, 3.05) is 31.4 Å². The highest BCUT2D eigenvalue weighted by atomic mass is 32.2. The van der Waals surface area contributed by atoms with Crippen molar-refractivity contribution in [3.8, 4) is 0 Å². The van der Waals surface area contributed by atoms with E-state index in [1.807, 2.05) is 19.0 Å². The van der Waals surface area contributed by atoms with Crippen LogP contribution in [0.2, 0.25) is 0 Å². The van der Waals surface area contributed by atoms with Gasteiger partial charge in [0.05, 0.1) is 12.7 Å². The van der Waals surface area contributed by atoms with Gasteiger partial charge in [0.25, 0.3) is 0 Å². The van der Waals surface area contributed by atoms with Crippen LogP contribution in [0.1, 0.15) is 0 Å². The maximum Gasteiger partial charge on any atom is 0.225 e. The molecule has 5 nitrogen and oxygen atoms in total. The Morgan fingerprint density at radius 3 is 2.87 bits per heavy atom. The summed E-state index contributed by atoms with van der Waals surface area (Å²) in [5, 5.41) is 18.6. The Labute approximate surface area is 93.2 Å². The van der Waals surface area contributed by atoms with Crippen molar-refractivity contribution in [2.24, 2.45) is 0 Å². The molecule has 0 aromatic carbocycles. The fourth-order valence-corrected chi connectivity index (χ4v) is 1.63. The smallest absolute Gasteiger partial charge is 0.225 e. The molecule has 0 radical (unpaired) electrons. The molecule has 0 aliphatic carbocycles. The first kappa shape index (κ1) is 12.2. The van der Waals surface area contributed by atoms with E-state index in [1.165, 1.54) is 11.8 Å². The van der Waals surface area contributed by atoms with Crippen LogP contribution in [-0.4, -0.2) is 52.7 Å². The number of anilines is 1. The van der Waals surface area contributed by atoms with Crippen LogP contribution < -0.4 is 4.90 Å². The van der Waals surface area contributed by atoms with E-state index in [0.717, 1.165) is 5.03 Å². The quantitative estimate of drug-likeness (QED) is 0.546. The number of aliphatic hydroxyl groups is 2. The zero-order valence-corrected chi connectivity index (χ0v) is 9.61. The summed E-state index contributed by atoms with van der Waals surface area (Å²) in [6, 6.07) is 1.78. The van der Waals surface area contributed by atoms with E-state index in [0.29, 0.717) is 11.7 Å². The molecule has 1 heterocycles. The van der Waals surface area contributed by atoms with E-state index >= 15 is 0 Å². The number of thioether (sulfide) groups is 1. The van der Waals surface area contributed by atoms with Crippen molar-refractivity contribution in [3.05, 3.63) is 12.3 Å². The average molecular weight is 229 g/mol. The van der Waals surface area contributed by atoms with E-state index in [-0.39, 0.29) is 6.61 Å². The lowest BCUT2D eigenvalue weighted by Crippen LogP contribution is -2.15. The lowest BCUT2D eigenvalue weighted by atomic mass is 10.4. The van der Waals surface area contributed by atoms with Crippen molar-refractivity contribution in [1.82, 2.24) is 9.97 Å². The Bertz CT molecular complexity index is 309. The van der Waals surface area contributed by atoms with Gasteiger partial charge < -0.3 is 15.1 Å². The van der Waals surface area contributed by atoms with Crippen LogP contribution in [0, 0.1) is 0 Å². The number of hydrogen-bond donors (Lipinski definition) is 2. The Morgan fingerprint density at radius 1 is 1.53 bits per heavy atom. The topological polar surface area (TPSA) is 69.5 Å². The normalized spacial score (nSPS) is 12.5. The summed E-state index contributed by atoms with van der Waals surface area (Å²) in [5.41, 5.74) is 0. The molecule has 0 amide bonds. The van der Waals surface area contributed by atoms with Gasteiger partial charge in [-0.1, -0.05) is 0 Å². The SMILES string of the molecule is CN(C)c1nccc(SCC(O)CO)n1. The van der Waals surface area contributed by atoms with Gasteiger partial charge in [0, 0.05) is 26.0 Å². The highest BCUT2D eigenvalue weighted by Gasteiger charge is 2.05.